The number of methoxy groups -OCH3 is 1. The number of nitrogens with zero attached hydrogens (tertiary/aromatic N) is 1. The lowest BCUT2D eigenvalue weighted by atomic mass is 9.91. The van der Waals surface area contributed by atoms with Gasteiger partial charge in [0.05, 0.1) is 12.8 Å². The minimum Gasteiger partial charge on any atom is -0.481 e. The predicted octanol–water partition coefficient (Wildman–Crippen LogP) is 4.60. The third kappa shape index (κ3) is 6.17. The molecule has 0 unspecified atom stereocenters. The molecule has 1 rings (SSSR count). The molecule has 0 aliphatic carbocycles. The van der Waals surface area contributed by atoms with Gasteiger partial charge in [-0.15, -0.1) is 0 Å². The van der Waals surface area contributed by atoms with Crippen molar-refractivity contribution < 1.29 is 9.84 Å². The summed E-state index contributed by atoms with van der Waals surface area (Å²) in [5, 5.41) is 9.35. The summed E-state index contributed by atoms with van der Waals surface area (Å²) in [5.74, 6) is 0.326. The lowest BCUT2D eigenvalue weighted by Gasteiger charge is -2.16. The number of aliphatic hydroxyl groups excluding tert-OH is 1. The molecule has 0 spiro atoms. The Bertz CT molecular complexity index is 661. The molecule has 0 saturated carbocycles. The van der Waals surface area contributed by atoms with Crippen molar-refractivity contribution in [2.24, 2.45) is 10.4 Å². The quantitative estimate of drug-likeness (QED) is 0.452. The van der Waals surface area contributed by atoms with Crippen molar-refractivity contribution in [3.05, 3.63) is 71.7 Å². The number of allylic oxidation sites excluding steroid dienone is 3. The molecule has 0 atom stereocenters. The molecular formula is C21H29NO2. The smallest absolute Gasteiger partial charge is 0.206 e. The Kier molecular flexibility index (Phi) is 7.18. The Labute approximate surface area is 146 Å². The molecule has 3 heteroatoms. The van der Waals surface area contributed by atoms with E-state index in [4.69, 9.17) is 4.74 Å². The van der Waals surface area contributed by atoms with Gasteiger partial charge in [0.15, 0.2) is 0 Å². The molecule has 0 heterocycles. The normalized spacial score (nSPS) is 12.5. The van der Waals surface area contributed by atoms with E-state index in [1.54, 1.807) is 7.11 Å². The minimum absolute atomic E-state index is 0.0485. The van der Waals surface area contributed by atoms with Crippen LogP contribution in [-0.4, -0.2) is 24.5 Å². The van der Waals surface area contributed by atoms with E-state index in [1.165, 1.54) is 0 Å². The maximum Gasteiger partial charge on any atom is 0.206 e. The second-order valence-corrected chi connectivity index (χ2v) is 6.92. The summed E-state index contributed by atoms with van der Waals surface area (Å²) in [6.45, 7) is 16.5. The second-order valence-electron chi connectivity index (χ2n) is 6.92. The molecule has 0 bridgehead atoms. The highest BCUT2D eigenvalue weighted by atomic mass is 16.5. The lowest BCUT2D eigenvalue weighted by Crippen LogP contribution is -2.10. The molecule has 1 aromatic carbocycles. The van der Waals surface area contributed by atoms with E-state index in [2.05, 4.69) is 51.1 Å². The van der Waals surface area contributed by atoms with Gasteiger partial charge in [-0.3, -0.25) is 0 Å². The van der Waals surface area contributed by atoms with Crippen LogP contribution in [0.25, 0.3) is 0 Å². The van der Waals surface area contributed by atoms with E-state index in [0.29, 0.717) is 12.3 Å². The first-order valence-corrected chi connectivity index (χ1v) is 8.09. The van der Waals surface area contributed by atoms with Crippen LogP contribution in [-0.2, 0) is 11.2 Å². The molecular weight excluding hydrogens is 298 g/mol. The molecule has 0 saturated heterocycles. The van der Waals surface area contributed by atoms with Crippen LogP contribution in [0.4, 0.5) is 0 Å². The average molecular weight is 327 g/mol. The number of rotatable bonds is 7. The van der Waals surface area contributed by atoms with Gasteiger partial charge in [-0.2, -0.15) is 0 Å². The molecule has 0 aromatic heterocycles. The molecule has 3 nitrogen and oxygen atoms in total. The third-order valence-electron chi connectivity index (χ3n) is 3.46. The maximum absolute atomic E-state index is 9.35. The molecule has 0 aliphatic rings. The van der Waals surface area contributed by atoms with E-state index in [9.17, 15) is 5.11 Å². The first-order chi connectivity index (χ1) is 11.2. The largest absolute Gasteiger partial charge is 0.481 e. The number of aryl methyl sites for hydroxylation is 1. The zero-order chi connectivity index (χ0) is 18.3. The highest BCUT2D eigenvalue weighted by Crippen LogP contribution is 2.21. The standard InChI is InChI=1S/C21H29NO2/c1-15-8-9-18(11-13-23)19(14-15)20(22-17(3)24-7)16(2)10-12-21(4,5)6/h8-10,12,14,23H,2-3,11,13H2,1,4-7H3/b12-10-,22-20-. The fourth-order valence-electron chi connectivity index (χ4n) is 2.15. The monoisotopic (exact) mass is 327 g/mol. The van der Waals surface area contributed by atoms with Crippen molar-refractivity contribution in [2.75, 3.05) is 13.7 Å². The van der Waals surface area contributed by atoms with Crippen LogP contribution < -0.4 is 0 Å². The fraction of sp³-hybridized carbons (Fsp3) is 0.381. The SMILES string of the molecule is C=C(/N=C(/C(=C)/C=C\C(C)(C)C)c1cc(C)ccc1CCO)OC. The van der Waals surface area contributed by atoms with Gasteiger partial charge in [-0.25, -0.2) is 4.99 Å². The van der Waals surface area contributed by atoms with E-state index >= 15 is 0 Å². The highest BCUT2D eigenvalue weighted by molar-refractivity contribution is 6.15. The maximum atomic E-state index is 9.35. The van der Waals surface area contributed by atoms with Gasteiger partial charge in [0.1, 0.15) is 0 Å². The first-order valence-electron chi connectivity index (χ1n) is 8.09. The van der Waals surface area contributed by atoms with Crippen molar-refractivity contribution in [3.63, 3.8) is 0 Å². The van der Waals surface area contributed by atoms with E-state index < -0.39 is 0 Å². The summed E-state index contributed by atoms with van der Waals surface area (Å²) in [4.78, 5) is 4.52. The highest BCUT2D eigenvalue weighted by Gasteiger charge is 2.14. The van der Waals surface area contributed by atoms with Crippen molar-refractivity contribution >= 4 is 5.71 Å². The molecule has 1 aromatic rings. The molecule has 24 heavy (non-hydrogen) atoms. The number of aliphatic imine (C=N–C) groups is 1. The summed E-state index contributed by atoms with van der Waals surface area (Å²) in [5.41, 5.74) is 4.65. The number of aliphatic hydroxyl groups is 1. The van der Waals surface area contributed by atoms with E-state index in [1.807, 2.05) is 25.1 Å². The molecule has 1 N–H and O–H groups in total. The van der Waals surface area contributed by atoms with Crippen molar-refractivity contribution in [3.8, 4) is 0 Å². The van der Waals surface area contributed by atoms with Gasteiger partial charge >= 0.3 is 0 Å². The number of ether oxygens (including phenoxy) is 1. The van der Waals surface area contributed by atoms with Crippen LogP contribution in [0.2, 0.25) is 0 Å². The van der Waals surface area contributed by atoms with Crippen molar-refractivity contribution in [1.82, 2.24) is 0 Å². The van der Waals surface area contributed by atoms with Crippen LogP contribution in [0.15, 0.2) is 60.0 Å². The van der Waals surface area contributed by atoms with Crippen LogP contribution in [0, 0.1) is 12.3 Å². The number of hydrogen-bond donors (Lipinski definition) is 1. The molecule has 0 amide bonds. The topological polar surface area (TPSA) is 41.8 Å². The predicted molar refractivity (Wildman–Crippen MR) is 102 cm³/mol. The van der Waals surface area contributed by atoms with Gasteiger partial charge in [0.2, 0.25) is 5.88 Å². The molecule has 0 aliphatic heterocycles. The van der Waals surface area contributed by atoms with Gasteiger partial charge in [-0.1, -0.05) is 57.2 Å². The van der Waals surface area contributed by atoms with Gasteiger partial charge in [0, 0.05) is 12.2 Å². The number of benzene rings is 1. The van der Waals surface area contributed by atoms with Crippen molar-refractivity contribution in [2.45, 2.75) is 34.1 Å². The Morgan fingerprint density at radius 1 is 1.29 bits per heavy atom. The minimum atomic E-state index is 0.0485. The summed E-state index contributed by atoms with van der Waals surface area (Å²) in [7, 11) is 1.54. The number of hydrogen-bond acceptors (Lipinski definition) is 3. The third-order valence-corrected chi connectivity index (χ3v) is 3.46. The molecule has 0 radical (unpaired) electrons. The summed E-state index contributed by atoms with van der Waals surface area (Å²) < 4.78 is 5.13. The van der Waals surface area contributed by atoms with E-state index in [-0.39, 0.29) is 12.0 Å². The first kappa shape index (κ1) is 19.9. The van der Waals surface area contributed by atoms with Gasteiger partial charge < -0.3 is 9.84 Å². The van der Waals surface area contributed by atoms with Crippen LogP contribution >= 0.6 is 0 Å². The average Bonchev–Trinajstić information content (AvgIpc) is 2.51. The lowest BCUT2D eigenvalue weighted by molar-refractivity contribution is 0.290. The Morgan fingerprint density at radius 2 is 1.96 bits per heavy atom. The fourth-order valence-corrected chi connectivity index (χ4v) is 2.15. The summed E-state index contributed by atoms with van der Waals surface area (Å²) >= 11 is 0. The van der Waals surface area contributed by atoms with Gasteiger partial charge in [-0.05, 0) is 42.5 Å². The molecule has 0 fully saturated rings. The Balaban J connectivity index is 3.43. The van der Waals surface area contributed by atoms with Crippen LogP contribution in [0.5, 0.6) is 0 Å². The zero-order valence-electron chi connectivity index (χ0n) is 15.5. The van der Waals surface area contributed by atoms with Crippen LogP contribution in [0.1, 0.15) is 37.5 Å². The summed E-state index contributed by atoms with van der Waals surface area (Å²) in [6, 6.07) is 6.11. The van der Waals surface area contributed by atoms with E-state index in [0.717, 1.165) is 28.0 Å². The summed E-state index contributed by atoms with van der Waals surface area (Å²) in [6.07, 6.45) is 4.64. The van der Waals surface area contributed by atoms with Gasteiger partial charge in [0.25, 0.3) is 0 Å². The van der Waals surface area contributed by atoms with Crippen molar-refractivity contribution in [1.29, 1.82) is 0 Å². The Hall–Kier alpha value is -2.13. The van der Waals surface area contributed by atoms with Crippen LogP contribution in [0.3, 0.4) is 0 Å². The molecule has 130 valence electrons. The zero-order valence-corrected chi connectivity index (χ0v) is 15.5. The second kappa shape index (κ2) is 8.65. The Morgan fingerprint density at radius 3 is 2.50 bits per heavy atom.